The molecule has 94 valence electrons. The lowest BCUT2D eigenvalue weighted by atomic mass is 10.3. The Morgan fingerprint density at radius 3 is 2.53 bits per heavy atom. The third-order valence-electron chi connectivity index (χ3n) is 2.87. The van der Waals surface area contributed by atoms with Crippen molar-refractivity contribution < 1.29 is 13.2 Å². The van der Waals surface area contributed by atoms with Crippen LogP contribution in [-0.4, -0.2) is 32.9 Å². The lowest BCUT2D eigenvalue weighted by Gasteiger charge is -2.17. The summed E-state index contributed by atoms with van der Waals surface area (Å²) in [5.74, 6) is 0.339. The number of nitrogens with zero attached hydrogens (tertiary/aromatic N) is 1. The molecule has 2 rings (SSSR count). The molecule has 0 atom stereocenters. The summed E-state index contributed by atoms with van der Waals surface area (Å²) in [6.07, 6.45) is 1.81. The first-order valence-electron chi connectivity index (χ1n) is 5.49. The monoisotopic (exact) mass is 256 g/mol. The molecule has 1 heterocycles. The summed E-state index contributed by atoms with van der Waals surface area (Å²) in [5, 5.41) is 0. The highest BCUT2D eigenvalue weighted by Gasteiger charge is 2.29. The quantitative estimate of drug-likeness (QED) is 0.821. The first-order chi connectivity index (χ1) is 8.05. The van der Waals surface area contributed by atoms with Gasteiger partial charge in [-0.2, -0.15) is 4.31 Å². The van der Waals surface area contributed by atoms with Gasteiger partial charge in [-0.1, -0.05) is 0 Å². The van der Waals surface area contributed by atoms with Gasteiger partial charge in [-0.25, -0.2) is 8.42 Å². The minimum Gasteiger partial charge on any atom is -0.495 e. The van der Waals surface area contributed by atoms with Crippen LogP contribution in [0.5, 0.6) is 5.75 Å². The Labute approximate surface area is 101 Å². The molecular formula is C11H16N2O3S. The molecule has 17 heavy (non-hydrogen) atoms. The van der Waals surface area contributed by atoms with Gasteiger partial charge in [-0.05, 0) is 31.0 Å². The second kappa shape index (κ2) is 4.54. The molecule has 0 aliphatic carbocycles. The van der Waals surface area contributed by atoms with Crippen LogP contribution in [0.25, 0.3) is 0 Å². The molecule has 1 aromatic rings. The second-order valence-corrected chi connectivity index (χ2v) is 5.93. The number of hydrogen-bond acceptors (Lipinski definition) is 4. The van der Waals surface area contributed by atoms with Crippen LogP contribution >= 0.6 is 0 Å². The maximum absolute atomic E-state index is 12.4. The summed E-state index contributed by atoms with van der Waals surface area (Å²) in [6.45, 7) is 1.14. The Morgan fingerprint density at radius 1 is 1.29 bits per heavy atom. The number of benzene rings is 1. The van der Waals surface area contributed by atoms with Gasteiger partial charge in [0.05, 0.1) is 7.11 Å². The fourth-order valence-corrected chi connectivity index (χ4v) is 3.67. The Kier molecular flexibility index (Phi) is 3.26. The summed E-state index contributed by atoms with van der Waals surface area (Å²) in [7, 11) is -2.02. The predicted octanol–water partition coefficient (Wildman–Crippen LogP) is 1.06. The van der Waals surface area contributed by atoms with Gasteiger partial charge in [0, 0.05) is 18.8 Å². The molecule has 2 N–H and O–H groups in total. The maximum atomic E-state index is 12.4. The zero-order valence-corrected chi connectivity index (χ0v) is 10.5. The molecule has 1 aliphatic heterocycles. The van der Waals surface area contributed by atoms with E-state index in [0.29, 0.717) is 24.5 Å². The van der Waals surface area contributed by atoms with Crippen LogP contribution in [0.2, 0.25) is 0 Å². The van der Waals surface area contributed by atoms with Crippen LogP contribution in [0, 0.1) is 0 Å². The molecular weight excluding hydrogens is 240 g/mol. The molecule has 6 heteroatoms. The summed E-state index contributed by atoms with van der Waals surface area (Å²) in [4.78, 5) is 0.155. The van der Waals surface area contributed by atoms with Gasteiger partial charge >= 0.3 is 0 Å². The molecule has 0 spiro atoms. The summed E-state index contributed by atoms with van der Waals surface area (Å²) in [5.41, 5.74) is 6.06. The number of methoxy groups -OCH3 is 1. The standard InChI is InChI=1S/C11H16N2O3S/c1-16-10-5-4-9(12)8-11(10)17(14,15)13-6-2-3-7-13/h4-5,8H,2-3,6-7,12H2,1H3. The molecule has 1 fully saturated rings. The third kappa shape index (κ3) is 2.23. The lowest BCUT2D eigenvalue weighted by Crippen LogP contribution is -2.28. The first-order valence-corrected chi connectivity index (χ1v) is 6.93. The molecule has 0 radical (unpaired) electrons. The van der Waals surface area contributed by atoms with Crippen molar-refractivity contribution in [2.45, 2.75) is 17.7 Å². The largest absolute Gasteiger partial charge is 0.495 e. The van der Waals surface area contributed by atoms with Crippen molar-refractivity contribution in [2.24, 2.45) is 0 Å². The molecule has 1 saturated heterocycles. The van der Waals surface area contributed by atoms with E-state index in [9.17, 15) is 8.42 Å². The van der Waals surface area contributed by atoms with E-state index in [1.165, 1.54) is 17.5 Å². The lowest BCUT2D eigenvalue weighted by molar-refractivity contribution is 0.398. The van der Waals surface area contributed by atoms with Gasteiger partial charge < -0.3 is 10.5 Å². The Balaban J connectivity index is 2.47. The van der Waals surface area contributed by atoms with Crippen LogP contribution in [-0.2, 0) is 10.0 Å². The van der Waals surface area contributed by atoms with Crippen LogP contribution in [0.3, 0.4) is 0 Å². The van der Waals surface area contributed by atoms with E-state index in [4.69, 9.17) is 10.5 Å². The van der Waals surface area contributed by atoms with Crippen molar-refractivity contribution in [3.8, 4) is 5.75 Å². The van der Waals surface area contributed by atoms with Gasteiger partial charge in [-0.15, -0.1) is 0 Å². The van der Waals surface area contributed by atoms with Crippen molar-refractivity contribution in [1.29, 1.82) is 0 Å². The SMILES string of the molecule is COc1ccc(N)cc1S(=O)(=O)N1CCCC1. The van der Waals surface area contributed by atoms with E-state index < -0.39 is 10.0 Å². The van der Waals surface area contributed by atoms with E-state index in [0.717, 1.165) is 12.8 Å². The normalized spacial score (nSPS) is 17.2. The number of ether oxygens (including phenoxy) is 1. The van der Waals surface area contributed by atoms with E-state index in [1.807, 2.05) is 0 Å². The molecule has 0 bridgehead atoms. The van der Waals surface area contributed by atoms with E-state index in [2.05, 4.69) is 0 Å². The minimum atomic E-state index is -3.48. The maximum Gasteiger partial charge on any atom is 0.246 e. The second-order valence-electron chi connectivity index (χ2n) is 4.02. The highest BCUT2D eigenvalue weighted by Crippen LogP contribution is 2.30. The van der Waals surface area contributed by atoms with Gasteiger partial charge in [0.1, 0.15) is 10.6 Å². The van der Waals surface area contributed by atoms with Crippen molar-refractivity contribution in [3.63, 3.8) is 0 Å². The van der Waals surface area contributed by atoms with Crippen molar-refractivity contribution in [3.05, 3.63) is 18.2 Å². The van der Waals surface area contributed by atoms with E-state index in [1.54, 1.807) is 12.1 Å². The fourth-order valence-electron chi connectivity index (χ4n) is 1.96. The van der Waals surface area contributed by atoms with Gasteiger partial charge in [0.2, 0.25) is 10.0 Å². The Morgan fingerprint density at radius 2 is 1.94 bits per heavy atom. The topological polar surface area (TPSA) is 72.6 Å². The molecule has 0 amide bonds. The number of rotatable bonds is 3. The summed E-state index contributed by atoms with van der Waals surface area (Å²) >= 11 is 0. The molecule has 0 unspecified atom stereocenters. The minimum absolute atomic E-state index is 0.155. The molecule has 5 nitrogen and oxygen atoms in total. The van der Waals surface area contributed by atoms with E-state index in [-0.39, 0.29) is 4.90 Å². The molecule has 0 saturated carbocycles. The van der Waals surface area contributed by atoms with E-state index >= 15 is 0 Å². The van der Waals surface area contributed by atoms with Crippen LogP contribution in [0.15, 0.2) is 23.1 Å². The number of sulfonamides is 1. The van der Waals surface area contributed by atoms with Crippen molar-refractivity contribution >= 4 is 15.7 Å². The highest BCUT2D eigenvalue weighted by atomic mass is 32.2. The zero-order chi connectivity index (χ0) is 12.5. The fraction of sp³-hybridized carbons (Fsp3) is 0.455. The Bertz CT molecular complexity index is 507. The van der Waals surface area contributed by atoms with Gasteiger partial charge in [0.25, 0.3) is 0 Å². The van der Waals surface area contributed by atoms with Crippen LogP contribution in [0.1, 0.15) is 12.8 Å². The average Bonchev–Trinajstić information content (AvgIpc) is 2.83. The summed E-state index contributed by atoms with van der Waals surface area (Å²) in [6, 6.07) is 4.66. The number of nitrogens with two attached hydrogens (primary N) is 1. The molecule has 1 aliphatic rings. The van der Waals surface area contributed by atoms with Crippen molar-refractivity contribution in [1.82, 2.24) is 4.31 Å². The van der Waals surface area contributed by atoms with Gasteiger partial charge in [-0.3, -0.25) is 0 Å². The summed E-state index contributed by atoms with van der Waals surface area (Å²) < 4.78 is 31.3. The number of nitrogen functional groups attached to an aromatic ring is 1. The zero-order valence-electron chi connectivity index (χ0n) is 9.72. The average molecular weight is 256 g/mol. The van der Waals surface area contributed by atoms with Crippen molar-refractivity contribution in [2.75, 3.05) is 25.9 Å². The smallest absolute Gasteiger partial charge is 0.246 e. The molecule has 0 aromatic heterocycles. The third-order valence-corrected chi connectivity index (χ3v) is 4.79. The number of anilines is 1. The van der Waals surface area contributed by atoms with Gasteiger partial charge in [0.15, 0.2) is 0 Å². The Hall–Kier alpha value is -1.27. The van der Waals surface area contributed by atoms with Crippen LogP contribution in [0.4, 0.5) is 5.69 Å². The highest BCUT2D eigenvalue weighted by molar-refractivity contribution is 7.89. The predicted molar refractivity (Wildman–Crippen MR) is 65.4 cm³/mol. The van der Waals surface area contributed by atoms with Crippen LogP contribution < -0.4 is 10.5 Å². The number of hydrogen-bond donors (Lipinski definition) is 1. The molecule has 1 aromatic carbocycles. The first kappa shape index (κ1) is 12.2.